The molecular formula is C10H16N2O3. The van der Waals surface area contributed by atoms with Crippen LogP contribution in [0.15, 0.2) is 0 Å². The Morgan fingerprint density at radius 1 is 1.47 bits per heavy atom. The van der Waals surface area contributed by atoms with Gasteiger partial charge in [-0.3, -0.25) is 9.69 Å². The molecule has 5 nitrogen and oxygen atoms in total. The Labute approximate surface area is 88.8 Å². The highest BCUT2D eigenvalue weighted by Crippen LogP contribution is 2.28. The fourth-order valence-electron chi connectivity index (χ4n) is 2.22. The number of nitrogens with zero attached hydrogens (tertiary/aromatic N) is 1. The first-order valence-corrected chi connectivity index (χ1v) is 5.23. The maximum atomic E-state index is 11.5. The second-order valence-corrected chi connectivity index (χ2v) is 4.68. The summed E-state index contributed by atoms with van der Waals surface area (Å²) < 4.78 is 5.56. The van der Waals surface area contributed by atoms with Crippen LogP contribution in [-0.4, -0.2) is 41.6 Å². The summed E-state index contributed by atoms with van der Waals surface area (Å²) in [4.78, 5) is 24.3. The third kappa shape index (κ3) is 1.97. The number of hydrogen-bond donors (Lipinski definition) is 1. The maximum Gasteiger partial charge on any atom is 0.324 e. The van der Waals surface area contributed by atoms with Gasteiger partial charge in [-0.25, -0.2) is 4.79 Å². The average molecular weight is 212 g/mol. The van der Waals surface area contributed by atoms with Gasteiger partial charge in [0, 0.05) is 12.6 Å². The summed E-state index contributed by atoms with van der Waals surface area (Å²) in [7, 11) is 0. The highest BCUT2D eigenvalue weighted by molar-refractivity contribution is 6.02. The Morgan fingerprint density at radius 3 is 2.73 bits per heavy atom. The highest BCUT2D eigenvalue weighted by Gasteiger charge is 2.40. The van der Waals surface area contributed by atoms with Crippen LogP contribution in [0.4, 0.5) is 4.79 Å². The summed E-state index contributed by atoms with van der Waals surface area (Å²) in [5.74, 6) is -0.122. The summed E-state index contributed by atoms with van der Waals surface area (Å²) in [6, 6.07) is -0.272. The number of imide groups is 1. The SMILES string of the molecule is CC1(C)CC(N2C(=O)CNC2=O)CCO1. The molecule has 0 spiro atoms. The lowest BCUT2D eigenvalue weighted by Crippen LogP contribution is -2.48. The van der Waals surface area contributed by atoms with Crippen molar-refractivity contribution in [1.29, 1.82) is 0 Å². The van der Waals surface area contributed by atoms with E-state index in [0.29, 0.717) is 13.0 Å². The van der Waals surface area contributed by atoms with Crippen LogP contribution in [0.2, 0.25) is 0 Å². The van der Waals surface area contributed by atoms with Crippen molar-refractivity contribution in [2.75, 3.05) is 13.2 Å². The Balaban J connectivity index is 2.10. The molecule has 2 saturated heterocycles. The molecule has 2 aliphatic heterocycles. The number of carbonyl (C=O) groups is 2. The molecule has 84 valence electrons. The second-order valence-electron chi connectivity index (χ2n) is 4.68. The zero-order valence-electron chi connectivity index (χ0n) is 9.08. The van der Waals surface area contributed by atoms with Gasteiger partial charge in [0.15, 0.2) is 0 Å². The molecule has 5 heteroatoms. The lowest BCUT2D eigenvalue weighted by Gasteiger charge is -2.38. The normalized spacial score (nSPS) is 30.5. The molecule has 0 aliphatic carbocycles. The van der Waals surface area contributed by atoms with Crippen molar-refractivity contribution in [2.24, 2.45) is 0 Å². The fourth-order valence-corrected chi connectivity index (χ4v) is 2.22. The first kappa shape index (κ1) is 10.4. The summed E-state index contributed by atoms with van der Waals surface area (Å²) >= 11 is 0. The van der Waals surface area contributed by atoms with Crippen LogP contribution in [0, 0.1) is 0 Å². The first-order valence-electron chi connectivity index (χ1n) is 5.23. The zero-order chi connectivity index (χ0) is 11.1. The molecule has 2 heterocycles. The smallest absolute Gasteiger partial charge is 0.324 e. The Morgan fingerprint density at radius 2 is 2.20 bits per heavy atom. The van der Waals surface area contributed by atoms with Crippen LogP contribution in [-0.2, 0) is 9.53 Å². The van der Waals surface area contributed by atoms with Gasteiger partial charge >= 0.3 is 6.03 Å². The summed E-state index contributed by atoms with van der Waals surface area (Å²) in [6.07, 6.45) is 1.45. The van der Waals surface area contributed by atoms with E-state index in [4.69, 9.17) is 4.74 Å². The molecule has 3 amide bonds. The highest BCUT2D eigenvalue weighted by atomic mass is 16.5. The number of rotatable bonds is 1. The minimum absolute atomic E-state index is 0.0104. The quantitative estimate of drug-likeness (QED) is 0.644. The Bertz CT molecular complexity index is 285. The summed E-state index contributed by atoms with van der Waals surface area (Å²) in [6.45, 7) is 4.71. The van der Waals surface area contributed by atoms with E-state index in [1.165, 1.54) is 4.90 Å². The molecule has 2 aliphatic rings. The van der Waals surface area contributed by atoms with Gasteiger partial charge in [0.05, 0.1) is 12.1 Å². The van der Waals surface area contributed by atoms with Crippen LogP contribution >= 0.6 is 0 Å². The molecule has 2 rings (SSSR count). The van der Waals surface area contributed by atoms with Crippen LogP contribution in [0.1, 0.15) is 26.7 Å². The molecule has 0 aromatic carbocycles. The van der Waals surface area contributed by atoms with Crippen molar-refractivity contribution >= 4 is 11.9 Å². The van der Waals surface area contributed by atoms with E-state index < -0.39 is 0 Å². The minimum Gasteiger partial charge on any atom is -0.375 e. The van der Waals surface area contributed by atoms with Gasteiger partial charge in [-0.2, -0.15) is 0 Å². The Kier molecular flexibility index (Phi) is 2.42. The molecule has 1 unspecified atom stereocenters. The number of urea groups is 1. The maximum absolute atomic E-state index is 11.5. The third-order valence-corrected chi connectivity index (χ3v) is 2.91. The first-order chi connectivity index (χ1) is 6.99. The fraction of sp³-hybridized carbons (Fsp3) is 0.800. The topological polar surface area (TPSA) is 58.6 Å². The van der Waals surface area contributed by atoms with Crippen LogP contribution in [0.5, 0.6) is 0 Å². The average Bonchev–Trinajstić information content (AvgIpc) is 2.44. The van der Waals surface area contributed by atoms with Crippen molar-refractivity contribution in [1.82, 2.24) is 10.2 Å². The van der Waals surface area contributed by atoms with Gasteiger partial charge in [0.2, 0.25) is 5.91 Å². The molecule has 0 aromatic heterocycles. The van der Waals surface area contributed by atoms with Crippen LogP contribution in [0.25, 0.3) is 0 Å². The molecule has 0 aromatic rings. The lowest BCUT2D eigenvalue weighted by molar-refractivity contribution is -0.131. The number of amides is 3. The molecule has 1 N–H and O–H groups in total. The predicted molar refractivity (Wildman–Crippen MR) is 53.3 cm³/mol. The monoisotopic (exact) mass is 212 g/mol. The summed E-state index contributed by atoms with van der Waals surface area (Å²) in [5, 5.41) is 2.54. The van der Waals surface area contributed by atoms with Gasteiger partial charge in [0.1, 0.15) is 0 Å². The van der Waals surface area contributed by atoms with E-state index in [1.54, 1.807) is 0 Å². The zero-order valence-corrected chi connectivity index (χ0v) is 9.08. The van der Waals surface area contributed by atoms with E-state index >= 15 is 0 Å². The van der Waals surface area contributed by atoms with Crippen LogP contribution < -0.4 is 5.32 Å². The van der Waals surface area contributed by atoms with Gasteiger partial charge in [-0.15, -0.1) is 0 Å². The molecule has 1 atom stereocenters. The van der Waals surface area contributed by atoms with E-state index in [9.17, 15) is 9.59 Å². The largest absolute Gasteiger partial charge is 0.375 e. The number of nitrogens with one attached hydrogen (secondary N) is 1. The van der Waals surface area contributed by atoms with Gasteiger partial charge in [-0.05, 0) is 26.7 Å². The standard InChI is InChI=1S/C10H16N2O3/c1-10(2)5-7(3-4-15-10)12-8(13)6-11-9(12)14/h7H,3-6H2,1-2H3,(H,11,14). The van der Waals surface area contributed by atoms with Gasteiger partial charge in [-0.1, -0.05) is 0 Å². The minimum atomic E-state index is -0.261. The van der Waals surface area contributed by atoms with Crippen molar-refractivity contribution in [3.05, 3.63) is 0 Å². The Hall–Kier alpha value is -1.10. The van der Waals surface area contributed by atoms with Gasteiger partial charge in [0.25, 0.3) is 0 Å². The van der Waals surface area contributed by atoms with E-state index in [2.05, 4.69) is 5.32 Å². The molecular weight excluding hydrogens is 196 g/mol. The molecule has 0 saturated carbocycles. The third-order valence-electron chi connectivity index (χ3n) is 2.91. The van der Waals surface area contributed by atoms with Crippen molar-refractivity contribution in [3.63, 3.8) is 0 Å². The second kappa shape index (κ2) is 3.48. The molecule has 2 fully saturated rings. The van der Waals surface area contributed by atoms with Gasteiger partial charge < -0.3 is 10.1 Å². The van der Waals surface area contributed by atoms with Crippen molar-refractivity contribution in [3.8, 4) is 0 Å². The molecule has 0 radical (unpaired) electrons. The number of carbonyl (C=O) groups excluding carboxylic acids is 2. The number of ether oxygens (including phenoxy) is 1. The summed E-state index contributed by atoms with van der Waals surface area (Å²) in [5.41, 5.74) is -0.244. The number of hydrogen-bond acceptors (Lipinski definition) is 3. The van der Waals surface area contributed by atoms with Crippen molar-refractivity contribution in [2.45, 2.75) is 38.3 Å². The van der Waals surface area contributed by atoms with E-state index in [-0.39, 0.29) is 30.1 Å². The van der Waals surface area contributed by atoms with E-state index in [1.807, 2.05) is 13.8 Å². The lowest BCUT2D eigenvalue weighted by atomic mass is 9.93. The van der Waals surface area contributed by atoms with Crippen molar-refractivity contribution < 1.29 is 14.3 Å². The van der Waals surface area contributed by atoms with Crippen LogP contribution in [0.3, 0.4) is 0 Å². The van der Waals surface area contributed by atoms with E-state index in [0.717, 1.165) is 6.42 Å². The molecule has 0 bridgehead atoms. The molecule has 15 heavy (non-hydrogen) atoms. The predicted octanol–water partition coefficient (Wildman–Crippen LogP) is 0.496.